The van der Waals surface area contributed by atoms with Crippen LogP contribution in [0.4, 0.5) is 0 Å². The monoisotopic (exact) mass is 247 g/mol. The lowest BCUT2D eigenvalue weighted by Crippen LogP contribution is -2.00. The Balaban J connectivity index is 2.49. The highest BCUT2D eigenvalue weighted by Gasteiger charge is 2.10. The molecule has 4 nitrogen and oxygen atoms in total. The van der Waals surface area contributed by atoms with Crippen molar-refractivity contribution in [1.29, 1.82) is 0 Å². The molecular weight excluding hydrogens is 236 g/mol. The third-order valence-electron chi connectivity index (χ3n) is 2.27. The highest BCUT2D eigenvalue weighted by Crippen LogP contribution is 2.23. The van der Waals surface area contributed by atoms with Crippen LogP contribution in [0, 0.1) is 6.26 Å². The number of sulfone groups is 1. The molecule has 0 aliphatic heterocycles. The first-order valence-electron chi connectivity index (χ1n) is 4.95. The maximum absolute atomic E-state index is 11.2. The quantitative estimate of drug-likeness (QED) is 0.830. The fraction of sp³-hybridized carbons (Fsp3) is 0.0833. The molecule has 2 aromatic heterocycles. The van der Waals surface area contributed by atoms with Gasteiger partial charge in [0.15, 0.2) is 9.84 Å². The summed E-state index contributed by atoms with van der Waals surface area (Å²) in [6.07, 6.45) is 9.65. The summed E-state index contributed by atoms with van der Waals surface area (Å²) in [5.74, 6) is -0.113. The first-order chi connectivity index (χ1) is 8.06. The molecule has 0 aliphatic rings. The zero-order valence-electron chi connectivity index (χ0n) is 9.07. The predicted octanol–water partition coefficient (Wildman–Crippen LogP) is 1.85. The van der Waals surface area contributed by atoms with Crippen molar-refractivity contribution in [2.24, 2.45) is 0 Å². The third kappa shape index (κ3) is 3.10. The predicted molar refractivity (Wildman–Crippen MR) is 65.4 cm³/mol. The summed E-state index contributed by atoms with van der Waals surface area (Å²) in [4.78, 5) is 7.88. The molecule has 0 aliphatic carbocycles. The van der Waals surface area contributed by atoms with E-state index in [4.69, 9.17) is 0 Å². The zero-order chi connectivity index (χ0) is 12.3. The van der Waals surface area contributed by atoms with Gasteiger partial charge < -0.3 is 0 Å². The molecule has 0 bridgehead atoms. The molecule has 2 aromatic rings. The molecule has 2 rings (SSSR count). The van der Waals surface area contributed by atoms with Crippen molar-refractivity contribution in [3.8, 4) is 11.1 Å². The van der Waals surface area contributed by atoms with Gasteiger partial charge in [0.1, 0.15) is 0 Å². The van der Waals surface area contributed by atoms with Gasteiger partial charge in [-0.3, -0.25) is 9.97 Å². The van der Waals surface area contributed by atoms with Gasteiger partial charge in [-0.2, -0.15) is 0 Å². The number of aromatic nitrogens is 2. The van der Waals surface area contributed by atoms with Crippen LogP contribution < -0.4 is 0 Å². The first kappa shape index (κ1) is 11.7. The van der Waals surface area contributed by atoms with E-state index in [9.17, 15) is 8.42 Å². The Morgan fingerprint density at radius 3 is 2.35 bits per heavy atom. The lowest BCUT2D eigenvalue weighted by molar-refractivity contribution is 0.603. The van der Waals surface area contributed by atoms with Crippen LogP contribution in [0.2, 0.25) is 0 Å². The second-order valence-electron chi connectivity index (χ2n) is 3.66. The molecule has 0 saturated heterocycles. The van der Waals surface area contributed by atoms with Crippen molar-refractivity contribution in [3.05, 3.63) is 54.8 Å². The molecule has 0 aromatic carbocycles. The fourth-order valence-electron chi connectivity index (χ4n) is 1.59. The fourth-order valence-corrected chi connectivity index (χ4v) is 2.30. The number of hydrogen-bond donors (Lipinski definition) is 0. The molecule has 87 valence electrons. The Morgan fingerprint density at radius 1 is 1.06 bits per heavy atom. The van der Waals surface area contributed by atoms with Gasteiger partial charge in [-0.25, -0.2) is 8.42 Å². The smallest absolute Gasteiger partial charge is 0.155 e. The molecule has 17 heavy (non-hydrogen) atoms. The summed E-state index contributed by atoms with van der Waals surface area (Å²) in [7, 11) is -3.31. The van der Waals surface area contributed by atoms with E-state index in [0.717, 1.165) is 11.1 Å². The summed E-state index contributed by atoms with van der Waals surface area (Å²) in [5, 5.41) is 0. The van der Waals surface area contributed by atoms with E-state index in [-0.39, 0.29) is 5.75 Å². The summed E-state index contributed by atoms with van der Waals surface area (Å²) < 4.78 is 22.5. The van der Waals surface area contributed by atoms with Gasteiger partial charge in [0.25, 0.3) is 0 Å². The highest BCUT2D eigenvalue weighted by molar-refractivity contribution is 7.91. The lowest BCUT2D eigenvalue weighted by atomic mass is 10.0. The summed E-state index contributed by atoms with van der Waals surface area (Å²) in [6, 6.07) is 5.44. The second kappa shape index (κ2) is 4.63. The van der Waals surface area contributed by atoms with Crippen LogP contribution in [-0.2, 0) is 15.6 Å². The van der Waals surface area contributed by atoms with Crippen LogP contribution in [-0.4, -0.2) is 18.4 Å². The second-order valence-corrected chi connectivity index (χ2v) is 5.43. The van der Waals surface area contributed by atoms with E-state index in [0.29, 0.717) is 5.56 Å². The Labute approximate surface area is 100 Å². The summed E-state index contributed by atoms with van der Waals surface area (Å²) in [5.41, 5.74) is 2.41. The van der Waals surface area contributed by atoms with E-state index in [1.807, 2.05) is 12.1 Å². The maximum Gasteiger partial charge on any atom is 0.155 e. The van der Waals surface area contributed by atoms with E-state index in [1.54, 1.807) is 30.9 Å². The van der Waals surface area contributed by atoms with Gasteiger partial charge in [-0.1, -0.05) is 0 Å². The molecule has 5 heteroatoms. The number of hydrogen-bond acceptors (Lipinski definition) is 4. The van der Waals surface area contributed by atoms with Gasteiger partial charge in [0.05, 0.1) is 12.0 Å². The van der Waals surface area contributed by atoms with E-state index >= 15 is 0 Å². The van der Waals surface area contributed by atoms with Gasteiger partial charge in [-0.05, 0) is 34.9 Å². The van der Waals surface area contributed by atoms with Crippen molar-refractivity contribution < 1.29 is 8.42 Å². The lowest BCUT2D eigenvalue weighted by Gasteiger charge is -2.07. The van der Waals surface area contributed by atoms with Crippen molar-refractivity contribution in [2.75, 3.05) is 0 Å². The van der Waals surface area contributed by atoms with Crippen molar-refractivity contribution in [1.82, 2.24) is 9.97 Å². The van der Waals surface area contributed by atoms with Crippen LogP contribution in [0.3, 0.4) is 0 Å². The molecule has 2 heterocycles. The Kier molecular flexibility index (Phi) is 3.19. The average molecular weight is 247 g/mol. The SMILES string of the molecule is [CH2]S(=O)(=O)Cc1cnccc1-c1ccncc1. The van der Waals surface area contributed by atoms with Gasteiger partial charge in [0.2, 0.25) is 0 Å². The topological polar surface area (TPSA) is 59.9 Å². The molecular formula is C12H11N2O2S. The normalized spacial score (nSPS) is 11.4. The standard InChI is InChI=1S/C12H11N2O2S/c1-17(15,16)9-11-8-14-7-4-12(11)10-2-5-13-6-3-10/h2-8H,1,9H2. The number of pyridine rings is 2. The van der Waals surface area contributed by atoms with Gasteiger partial charge in [0, 0.05) is 24.8 Å². The zero-order valence-corrected chi connectivity index (χ0v) is 9.89. The Morgan fingerprint density at radius 2 is 1.71 bits per heavy atom. The van der Waals surface area contributed by atoms with Crippen molar-refractivity contribution in [3.63, 3.8) is 0 Å². The van der Waals surface area contributed by atoms with Crippen molar-refractivity contribution >= 4 is 9.84 Å². The minimum Gasteiger partial charge on any atom is -0.265 e. The van der Waals surface area contributed by atoms with Gasteiger partial charge in [-0.15, -0.1) is 0 Å². The van der Waals surface area contributed by atoms with E-state index in [1.165, 1.54) is 0 Å². The largest absolute Gasteiger partial charge is 0.265 e. The van der Waals surface area contributed by atoms with Crippen LogP contribution in [0.1, 0.15) is 5.56 Å². The average Bonchev–Trinajstić information content (AvgIpc) is 2.29. The summed E-state index contributed by atoms with van der Waals surface area (Å²) in [6.45, 7) is 0. The molecule has 1 radical (unpaired) electrons. The van der Waals surface area contributed by atoms with Crippen LogP contribution in [0.5, 0.6) is 0 Å². The van der Waals surface area contributed by atoms with Gasteiger partial charge >= 0.3 is 0 Å². The molecule has 0 amide bonds. The number of nitrogens with zero attached hydrogens (tertiary/aromatic N) is 2. The molecule has 0 spiro atoms. The molecule has 0 fully saturated rings. The van der Waals surface area contributed by atoms with Crippen LogP contribution in [0.25, 0.3) is 11.1 Å². The molecule has 0 atom stereocenters. The van der Waals surface area contributed by atoms with Crippen molar-refractivity contribution in [2.45, 2.75) is 5.75 Å². The molecule has 0 unspecified atom stereocenters. The van der Waals surface area contributed by atoms with Crippen LogP contribution >= 0.6 is 0 Å². The third-order valence-corrected chi connectivity index (χ3v) is 3.02. The minimum absolute atomic E-state index is 0.113. The maximum atomic E-state index is 11.2. The Bertz CT molecular complexity index is 609. The van der Waals surface area contributed by atoms with E-state index in [2.05, 4.69) is 16.2 Å². The molecule has 0 N–H and O–H groups in total. The van der Waals surface area contributed by atoms with E-state index < -0.39 is 9.84 Å². The van der Waals surface area contributed by atoms with Crippen LogP contribution in [0.15, 0.2) is 43.0 Å². The highest BCUT2D eigenvalue weighted by atomic mass is 32.2. The minimum atomic E-state index is -3.31. The summed E-state index contributed by atoms with van der Waals surface area (Å²) >= 11 is 0. The Hall–Kier alpha value is -1.75. The molecule has 0 saturated carbocycles. The first-order valence-corrected chi connectivity index (χ1v) is 6.77. The number of rotatable bonds is 3.